The first-order valence-corrected chi connectivity index (χ1v) is 6.80. The molecule has 4 nitrogen and oxygen atoms in total. The minimum absolute atomic E-state index is 0.639. The monoisotopic (exact) mass is 312 g/mol. The van der Waals surface area contributed by atoms with E-state index >= 15 is 0 Å². The van der Waals surface area contributed by atoms with Gasteiger partial charge >= 0.3 is 0 Å². The van der Waals surface area contributed by atoms with Crippen LogP contribution in [0.3, 0.4) is 0 Å². The number of hydrogen-bond donors (Lipinski definition) is 2. The fraction of sp³-hybridized carbons (Fsp3) is 0.273. The van der Waals surface area contributed by atoms with E-state index in [1.807, 2.05) is 26.1 Å². The second-order valence-corrected chi connectivity index (χ2v) is 6.08. The zero-order chi connectivity index (χ0) is 12.3. The average molecular weight is 313 g/mol. The molecule has 6 heteroatoms. The number of nitrogens with zero attached hydrogens (tertiary/aromatic N) is 2. The Morgan fingerprint density at radius 3 is 2.82 bits per heavy atom. The molecule has 0 aliphatic heterocycles. The maximum absolute atomic E-state index is 4.33. The molecule has 0 aliphatic rings. The Kier molecular flexibility index (Phi) is 3.96. The van der Waals surface area contributed by atoms with Gasteiger partial charge in [-0.25, -0.2) is 4.98 Å². The van der Waals surface area contributed by atoms with Crippen molar-refractivity contribution in [2.24, 2.45) is 0 Å². The van der Waals surface area contributed by atoms with Crippen LogP contribution in [0.25, 0.3) is 0 Å². The smallest absolute Gasteiger partial charge is 0.224 e. The molecule has 0 spiro atoms. The zero-order valence-electron chi connectivity index (χ0n) is 9.62. The number of anilines is 2. The zero-order valence-corrected chi connectivity index (χ0v) is 12.0. The number of hydrogen-bond acceptors (Lipinski definition) is 5. The number of halogens is 1. The second kappa shape index (κ2) is 5.46. The van der Waals surface area contributed by atoms with Crippen LogP contribution in [0.1, 0.15) is 10.6 Å². The third kappa shape index (κ3) is 3.41. The maximum atomic E-state index is 4.33. The molecule has 2 heterocycles. The molecule has 2 N–H and O–H groups in total. The Morgan fingerprint density at radius 1 is 1.35 bits per heavy atom. The predicted octanol–water partition coefficient (Wildman–Crippen LogP) is 3.26. The first-order valence-electron chi connectivity index (χ1n) is 5.19. The summed E-state index contributed by atoms with van der Waals surface area (Å²) < 4.78 is 1.14. The summed E-state index contributed by atoms with van der Waals surface area (Å²) in [6.07, 6.45) is 0. The molecule has 0 saturated heterocycles. The van der Waals surface area contributed by atoms with Gasteiger partial charge in [-0.3, -0.25) is 0 Å². The molecule has 0 fully saturated rings. The summed E-state index contributed by atoms with van der Waals surface area (Å²) in [5, 5.41) is 6.23. The fourth-order valence-corrected chi connectivity index (χ4v) is 2.82. The Bertz CT molecular complexity index is 512. The Hall–Kier alpha value is -1.14. The van der Waals surface area contributed by atoms with Gasteiger partial charge in [0.25, 0.3) is 0 Å². The second-order valence-electron chi connectivity index (χ2n) is 3.53. The first kappa shape index (κ1) is 12.3. The summed E-state index contributed by atoms with van der Waals surface area (Å²) in [6.45, 7) is 2.73. The lowest BCUT2D eigenvalue weighted by atomic mass is 10.4. The average Bonchev–Trinajstić information content (AvgIpc) is 2.72. The molecule has 17 heavy (non-hydrogen) atoms. The van der Waals surface area contributed by atoms with E-state index in [9.17, 15) is 0 Å². The van der Waals surface area contributed by atoms with E-state index in [4.69, 9.17) is 0 Å². The largest absolute Gasteiger partial charge is 0.365 e. The van der Waals surface area contributed by atoms with Crippen LogP contribution in [0.5, 0.6) is 0 Å². The lowest BCUT2D eigenvalue weighted by molar-refractivity contribution is 1.06. The van der Waals surface area contributed by atoms with E-state index < -0.39 is 0 Å². The van der Waals surface area contributed by atoms with Gasteiger partial charge < -0.3 is 10.6 Å². The topological polar surface area (TPSA) is 49.8 Å². The van der Waals surface area contributed by atoms with E-state index in [0.717, 1.165) is 21.8 Å². The van der Waals surface area contributed by atoms with Crippen molar-refractivity contribution < 1.29 is 0 Å². The summed E-state index contributed by atoms with van der Waals surface area (Å²) in [5.41, 5.74) is 0.944. The number of aryl methyl sites for hydroxylation is 1. The molecule has 0 amide bonds. The Morgan fingerprint density at radius 2 is 2.18 bits per heavy atom. The number of aromatic nitrogens is 2. The Balaban J connectivity index is 2.05. The SMILES string of the molecule is CNc1nc(C)cc(NCc2ccc(Br)s2)n1. The van der Waals surface area contributed by atoms with Gasteiger partial charge in [0.15, 0.2) is 0 Å². The standard InChI is InChI=1S/C11H13BrN4S/c1-7-5-10(16-11(13-2)15-7)14-6-8-3-4-9(12)17-8/h3-5H,6H2,1-2H3,(H2,13,14,15,16). The van der Waals surface area contributed by atoms with Gasteiger partial charge in [-0.2, -0.15) is 4.98 Å². The van der Waals surface area contributed by atoms with Gasteiger partial charge in [0.2, 0.25) is 5.95 Å². The van der Waals surface area contributed by atoms with E-state index in [1.54, 1.807) is 11.3 Å². The van der Waals surface area contributed by atoms with Gasteiger partial charge in [-0.15, -0.1) is 11.3 Å². The normalized spacial score (nSPS) is 10.3. The minimum atomic E-state index is 0.639. The van der Waals surface area contributed by atoms with Gasteiger partial charge in [-0.1, -0.05) is 0 Å². The maximum Gasteiger partial charge on any atom is 0.224 e. The predicted molar refractivity (Wildman–Crippen MR) is 75.7 cm³/mol. The summed E-state index contributed by atoms with van der Waals surface area (Å²) in [4.78, 5) is 9.84. The molecule has 0 saturated carbocycles. The molecule has 2 rings (SSSR count). The molecular weight excluding hydrogens is 300 g/mol. The summed E-state index contributed by atoms with van der Waals surface area (Å²) >= 11 is 5.16. The lowest BCUT2D eigenvalue weighted by Gasteiger charge is -2.07. The van der Waals surface area contributed by atoms with E-state index in [0.29, 0.717) is 5.95 Å². The number of rotatable bonds is 4. The highest BCUT2D eigenvalue weighted by atomic mass is 79.9. The number of nitrogens with one attached hydrogen (secondary N) is 2. The van der Waals surface area contributed by atoms with Crippen molar-refractivity contribution in [3.8, 4) is 0 Å². The third-order valence-electron chi connectivity index (χ3n) is 2.15. The van der Waals surface area contributed by atoms with Crippen LogP contribution >= 0.6 is 27.3 Å². The van der Waals surface area contributed by atoms with Crippen LogP contribution in [-0.4, -0.2) is 17.0 Å². The molecule has 2 aromatic rings. The van der Waals surface area contributed by atoms with Gasteiger partial charge in [0.05, 0.1) is 10.3 Å². The summed E-state index contributed by atoms with van der Waals surface area (Å²) in [5.74, 6) is 1.48. The molecule has 0 aliphatic carbocycles. The lowest BCUT2D eigenvalue weighted by Crippen LogP contribution is -2.04. The van der Waals surface area contributed by atoms with Crippen molar-refractivity contribution in [2.75, 3.05) is 17.7 Å². The van der Waals surface area contributed by atoms with Crippen molar-refractivity contribution in [2.45, 2.75) is 13.5 Å². The minimum Gasteiger partial charge on any atom is -0.365 e. The van der Waals surface area contributed by atoms with Crippen LogP contribution in [0.2, 0.25) is 0 Å². The summed E-state index contributed by atoms with van der Waals surface area (Å²) in [7, 11) is 1.81. The highest BCUT2D eigenvalue weighted by Crippen LogP contribution is 2.22. The van der Waals surface area contributed by atoms with Crippen molar-refractivity contribution in [1.29, 1.82) is 0 Å². The van der Waals surface area contributed by atoms with Crippen LogP contribution in [-0.2, 0) is 6.54 Å². The molecule has 0 bridgehead atoms. The van der Waals surface area contributed by atoms with Crippen LogP contribution in [0.15, 0.2) is 22.0 Å². The molecule has 90 valence electrons. The van der Waals surface area contributed by atoms with Crippen molar-refractivity contribution in [1.82, 2.24) is 9.97 Å². The third-order valence-corrected chi connectivity index (χ3v) is 3.77. The molecule has 0 radical (unpaired) electrons. The quantitative estimate of drug-likeness (QED) is 0.909. The molecular formula is C11H13BrN4S. The van der Waals surface area contributed by atoms with E-state index in [2.05, 4.69) is 42.6 Å². The molecule has 0 unspecified atom stereocenters. The molecule has 2 aromatic heterocycles. The van der Waals surface area contributed by atoms with Crippen molar-refractivity contribution >= 4 is 39.0 Å². The van der Waals surface area contributed by atoms with Crippen LogP contribution < -0.4 is 10.6 Å². The van der Waals surface area contributed by atoms with Gasteiger partial charge in [-0.05, 0) is 35.0 Å². The molecule has 0 aromatic carbocycles. The summed E-state index contributed by atoms with van der Waals surface area (Å²) in [6, 6.07) is 6.07. The van der Waals surface area contributed by atoms with Crippen LogP contribution in [0, 0.1) is 6.92 Å². The first-order chi connectivity index (χ1) is 8.17. The van der Waals surface area contributed by atoms with Crippen molar-refractivity contribution in [3.63, 3.8) is 0 Å². The number of thiophene rings is 1. The van der Waals surface area contributed by atoms with E-state index in [-0.39, 0.29) is 0 Å². The Labute approximate surface area is 113 Å². The van der Waals surface area contributed by atoms with Gasteiger partial charge in [0.1, 0.15) is 5.82 Å². The van der Waals surface area contributed by atoms with E-state index in [1.165, 1.54) is 4.88 Å². The van der Waals surface area contributed by atoms with Gasteiger partial charge in [0, 0.05) is 23.7 Å². The fourth-order valence-electron chi connectivity index (χ4n) is 1.40. The highest BCUT2D eigenvalue weighted by Gasteiger charge is 2.02. The highest BCUT2D eigenvalue weighted by molar-refractivity contribution is 9.11. The molecule has 0 atom stereocenters. The van der Waals surface area contributed by atoms with Crippen LogP contribution in [0.4, 0.5) is 11.8 Å². The van der Waals surface area contributed by atoms with Crippen molar-refractivity contribution in [3.05, 3.63) is 32.6 Å².